The maximum absolute atomic E-state index is 5.14. The van der Waals surface area contributed by atoms with Gasteiger partial charge in [-0.15, -0.1) is 0 Å². The Labute approximate surface area is 107 Å². The van der Waals surface area contributed by atoms with Crippen LogP contribution in [0.25, 0.3) is 0 Å². The molecule has 0 aliphatic carbocycles. The molecule has 0 aromatic carbocycles. The predicted octanol–water partition coefficient (Wildman–Crippen LogP) is 2.12. The summed E-state index contributed by atoms with van der Waals surface area (Å²) >= 11 is 0. The third kappa shape index (κ3) is 7.02. The first kappa shape index (κ1) is 14.9. The summed E-state index contributed by atoms with van der Waals surface area (Å²) in [6.07, 6.45) is 5.21. The van der Waals surface area contributed by atoms with Crippen molar-refractivity contribution in [1.82, 2.24) is 10.2 Å². The molecule has 0 spiro atoms. The molecular weight excluding hydrogens is 212 g/mol. The minimum absolute atomic E-state index is 0.351. The molecule has 0 amide bonds. The molecule has 0 aromatic rings. The van der Waals surface area contributed by atoms with Crippen molar-refractivity contribution in [2.24, 2.45) is 5.41 Å². The zero-order valence-corrected chi connectivity index (χ0v) is 11.9. The fourth-order valence-corrected chi connectivity index (χ4v) is 2.33. The third-order valence-electron chi connectivity index (χ3n) is 3.61. The van der Waals surface area contributed by atoms with E-state index in [0.717, 1.165) is 26.1 Å². The van der Waals surface area contributed by atoms with Crippen LogP contribution in [0.3, 0.4) is 0 Å². The Morgan fingerprint density at radius 3 is 2.59 bits per heavy atom. The zero-order valence-electron chi connectivity index (χ0n) is 11.9. The summed E-state index contributed by atoms with van der Waals surface area (Å²) in [5.74, 6) is 0. The molecule has 0 unspecified atom stereocenters. The summed E-state index contributed by atoms with van der Waals surface area (Å²) in [5, 5.41) is 3.58. The van der Waals surface area contributed by atoms with E-state index in [9.17, 15) is 0 Å². The van der Waals surface area contributed by atoms with Crippen LogP contribution in [0.1, 0.15) is 39.5 Å². The second-order valence-corrected chi connectivity index (χ2v) is 5.99. The van der Waals surface area contributed by atoms with E-state index in [2.05, 4.69) is 24.1 Å². The smallest absolute Gasteiger partial charge is 0.0467 e. The molecule has 1 aliphatic rings. The van der Waals surface area contributed by atoms with Crippen molar-refractivity contribution in [2.45, 2.75) is 39.5 Å². The lowest BCUT2D eigenvalue weighted by Crippen LogP contribution is -2.32. The highest BCUT2D eigenvalue weighted by Crippen LogP contribution is 2.18. The van der Waals surface area contributed by atoms with Crippen LogP contribution in [0.15, 0.2) is 0 Å². The Hall–Kier alpha value is -0.120. The molecule has 0 aromatic heterocycles. The highest BCUT2D eigenvalue weighted by Gasteiger charge is 2.16. The highest BCUT2D eigenvalue weighted by atomic mass is 16.5. The van der Waals surface area contributed by atoms with Gasteiger partial charge in [0.1, 0.15) is 0 Å². The fraction of sp³-hybridized carbons (Fsp3) is 1.00. The minimum atomic E-state index is 0.351. The average molecular weight is 242 g/mol. The molecule has 3 nitrogen and oxygen atoms in total. The monoisotopic (exact) mass is 242 g/mol. The van der Waals surface area contributed by atoms with Crippen molar-refractivity contribution in [1.29, 1.82) is 0 Å². The van der Waals surface area contributed by atoms with Crippen LogP contribution in [0.2, 0.25) is 0 Å². The fourth-order valence-electron chi connectivity index (χ4n) is 2.33. The van der Waals surface area contributed by atoms with Crippen molar-refractivity contribution >= 4 is 0 Å². The normalized spacial score (nSPS) is 17.8. The first-order chi connectivity index (χ1) is 8.14. The Kier molecular flexibility index (Phi) is 7.09. The van der Waals surface area contributed by atoms with Crippen molar-refractivity contribution < 1.29 is 4.74 Å². The van der Waals surface area contributed by atoms with Crippen LogP contribution in [0.5, 0.6) is 0 Å². The summed E-state index contributed by atoms with van der Waals surface area (Å²) in [6, 6.07) is 0. The van der Waals surface area contributed by atoms with Gasteiger partial charge < -0.3 is 15.0 Å². The molecule has 0 radical (unpaired) electrons. The molecular formula is C14H30N2O. The van der Waals surface area contributed by atoms with Crippen LogP contribution in [0.4, 0.5) is 0 Å². The van der Waals surface area contributed by atoms with Crippen LogP contribution in [0, 0.1) is 5.41 Å². The summed E-state index contributed by atoms with van der Waals surface area (Å²) < 4.78 is 5.14. The van der Waals surface area contributed by atoms with Gasteiger partial charge in [-0.1, -0.05) is 13.8 Å². The van der Waals surface area contributed by atoms with Crippen LogP contribution in [-0.2, 0) is 4.74 Å². The van der Waals surface area contributed by atoms with Gasteiger partial charge in [0.2, 0.25) is 0 Å². The molecule has 0 bridgehead atoms. The molecule has 0 saturated carbocycles. The quantitative estimate of drug-likeness (QED) is 0.627. The van der Waals surface area contributed by atoms with Gasteiger partial charge in [0.05, 0.1) is 0 Å². The Morgan fingerprint density at radius 2 is 1.94 bits per heavy atom. The molecule has 1 aliphatic heterocycles. The summed E-state index contributed by atoms with van der Waals surface area (Å²) in [4.78, 5) is 2.58. The topological polar surface area (TPSA) is 24.5 Å². The second kappa shape index (κ2) is 8.06. The van der Waals surface area contributed by atoms with Gasteiger partial charge in [0.15, 0.2) is 0 Å². The van der Waals surface area contributed by atoms with Crippen molar-refractivity contribution in [3.05, 3.63) is 0 Å². The molecule has 102 valence electrons. The Balaban J connectivity index is 1.95. The molecule has 1 fully saturated rings. The Morgan fingerprint density at radius 1 is 1.24 bits per heavy atom. The number of hydrogen-bond donors (Lipinski definition) is 1. The van der Waals surface area contributed by atoms with Crippen LogP contribution in [-0.4, -0.2) is 51.3 Å². The third-order valence-corrected chi connectivity index (χ3v) is 3.61. The molecule has 1 N–H and O–H groups in total. The number of nitrogens with zero attached hydrogens (tertiary/aromatic N) is 1. The number of likely N-dealkylation sites (tertiary alicyclic amines) is 1. The predicted molar refractivity (Wildman–Crippen MR) is 73.4 cm³/mol. The molecule has 3 heteroatoms. The lowest BCUT2D eigenvalue weighted by atomic mass is 9.90. The second-order valence-electron chi connectivity index (χ2n) is 5.99. The van der Waals surface area contributed by atoms with E-state index >= 15 is 0 Å². The summed E-state index contributed by atoms with van der Waals surface area (Å²) in [6.45, 7) is 11.6. The van der Waals surface area contributed by atoms with Gasteiger partial charge in [-0.05, 0) is 57.3 Å². The molecule has 17 heavy (non-hydrogen) atoms. The van der Waals surface area contributed by atoms with Crippen molar-refractivity contribution in [2.75, 3.05) is 46.4 Å². The maximum atomic E-state index is 5.14. The number of rotatable bonds is 9. The Bertz CT molecular complexity index is 189. The average Bonchev–Trinajstić information content (AvgIpc) is 2.79. The van der Waals surface area contributed by atoms with Crippen molar-refractivity contribution in [3.63, 3.8) is 0 Å². The molecule has 1 rings (SSSR count). The zero-order chi connectivity index (χ0) is 12.6. The number of ether oxygens (including phenoxy) is 1. The standard InChI is InChI=1S/C14H30N2O/c1-14(2,7-12-17-3)13-15-8-6-11-16-9-4-5-10-16/h15H,4-13H2,1-3H3. The largest absolute Gasteiger partial charge is 0.385 e. The SMILES string of the molecule is COCCC(C)(C)CNCCCN1CCCC1. The van der Waals surface area contributed by atoms with Gasteiger partial charge in [-0.2, -0.15) is 0 Å². The van der Waals surface area contributed by atoms with E-state index in [1.807, 2.05) is 0 Å². The lowest BCUT2D eigenvalue weighted by molar-refractivity contribution is 0.150. The molecule has 1 heterocycles. The highest BCUT2D eigenvalue weighted by molar-refractivity contribution is 4.72. The van der Waals surface area contributed by atoms with E-state index in [4.69, 9.17) is 4.74 Å². The van der Waals surface area contributed by atoms with E-state index in [0.29, 0.717) is 5.41 Å². The number of nitrogens with one attached hydrogen (secondary N) is 1. The van der Waals surface area contributed by atoms with Gasteiger partial charge in [-0.3, -0.25) is 0 Å². The summed E-state index contributed by atoms with van der Waals surface area (Å²) in [5.41, 5.74) is 0.351. The van der Waals surface area contributed by atoms with Crippen LogP contribution >= 0.6 is 0 Å². The van der Waals surface area contributed by atoms with Crippen LogP contribution < -0.4 is 5.32 Å². The van der Waals surface area contributed by atoms with E-state index < -0.39 is 0 Å². The molecule has 0 atom stereocenters. The van der Waals surface area contributed by atoms with Gasteiger partial charge in [0.25, 0.3) is 0 Å². The number of methoxy groups -OCH3 is 1. The summed E-state index contributed by atoms with van der Waals surface area (Å²) in [7, 11) is 1.78. The minimum Gasteiger partial charge on any atom is -0.385 e. The first-order valence-corrected chi connectivity index (χ1v) is 7.06. The van der Waals surface area contributed by atoms with E-state index in [1.54, 1.807) is 7.11 Å². The lowest BCUT2D eigenvalue weighted by Gasteiger charge is -2.25. The number of hydrogen-bond acceptors (Lipinski definition) is 3. The molecule has 1 saturated heterocycles. The van der Waals surface area contributed by atoms with Gasteiger partial charge in [-0.25, -0.2) is 0 Å². The van der Waals surface area contributed by atoms with Crippen molar-refractivity contribution in [3.8, 4) is 0 Å². The van der Waals surface area contributed by atoms with Gasteiger partial charge in [0, 0.05) is 20.3 Å². The van der Waals surface area contributed by atoms with Gasteiger partial charge >= 0.3 is 0 Å². The van der Waals surface area contributed by atoms with E-state index in [-0.39, 0.29) is 0 Å². The first-order valence-electron chi connectivity index (χ1n) is 7.06. The maximum Gasteiger partial charge on any atom is 0.0467 e. The van der Waals surface area contributed by atoms with E-state index in [1.165, 1.54) is 38.9 Å².